The van der Waals surface area contributed by atoms with Crippen LogP contribution >= 0.6 is 0 Å². The molecule has 42 heavy (non-hydrogen) atoms. The van der Waals surface area contributed by atoms with E-state index in [1.54, 1.807) is 6.07 Å². The first-order valence-corrected chi connectivity index (χ1v) is 15.8. The molecule has 1 N–H and O–H groups in total. The van der Waals surface area contributed by atoms with Crippen LogP contribution in [0.4, 0.5) is 11.4 Å². The molecule has 0 aliphatic carbocycles. The first kappa shape index (κ1) is 30.9. The van der Waals surface area contributed by atoms with Crippen LogP contribution in [0.5, 0.6) is 23.0 Å². The van der Waals surface area contributed by atoms with Gasteiger partial charge in [0.2, 0.25) is 15.9 Å². The van der Waals surface area contributed by atoms with Gasteiger partial charge in [-0.1, -0.05) is 0 Å². The number of methoxy groups -OCH3 is 4. The first-order valence-electron chi connectivity index (χ1n) is 12.9. The monoisotopic (exact) mass is 619 g/mol. The van der Waals surface area contributed by atoms with Crippen molar-refractivity contribution < 1.29 is 40.6 Å². The first-order chi connectivity index (χ1) is 20.0. The summed E-state index contributed by atoms with van der Waals surface area (Å²) in [6, 6.07) is 14.4. The Morgan fingerprint density at radius 2 is 1.36 bits per heavy atom. The van der Waals surface area contributed by atoms with Crippen LogP contribution < -0.4 is 28.6 Å². The van der Waals surface area contributed by atoms with Crippen LogP contribution in [0.3, 0.4) is 0 Å². The number of anilines is 2. The summed E-state index contributed by atoms with van der Waals surface area (Å²) in [6.45, 7) is 0.298. The Labute approximate surface area is 245 Å². The van der Waals surface area contributed by atoms with Crippen molar-refractivity contribution in [2.24, 2.45) is 0 Å². The molecule has 0 unspecified atom stereocenters. The maximum absolute atomic E-state index is 14.0. The van der Waals surface area contributed by atoms with Crippen molar-refractivity contribution >= 4 is 37.3 Å². The lowest BCUT2D eigenvalue weighted by Gasteiger charge is -2.26. The fourth-order valence-electron chi connectivity index (χ4n) is 4.51. The maximum atomic E-state index is 14.0. The van der Waals surface area contributed by atoms with Gasteiger partial charge in [-0.15, -0.1) is 0 Å². The van der Waals surface area contributed by atoms with Crippen molar-refractivity contribution in [3.63, 3.8) is 0 Å². The second-order valence-electron chi connectivity index (χ2n) is 9.25. The molecule has 12 nitrogen and oxygen atoms in total. The predicted molar refractivity (Wildman–Crippen MR) is 157 cm³/mol. The van der Waals surface area contributed by atoms with E-state index in [0.29, 0.717) is 30.3 Å². The molecule has 3 aromatic carbocycles. The van der Waals surface area contributed by atoms with E-state index in [1.807, 2.05) is 0 Å². The number of ether oxygens (including phenoxy) is 4. The van der Waals surface area contributed by atoms with Crippen LogP contribution in [-0.2, 0) is 24.8 Å². The number of nitrogens with one attached hydrogen (secondary N) is 1. The topological polar surface area (TPSA) is 141 Å². The Morgan fingerprint density at radius 1 is 0.762 bits per heavy atom. The lowest BCUT2D eigenvalue weighted by molar-refractivity contribution is -0.114. The van der Waals surface area contributed by atoms with Gasteiger partial charge in [0.1, 0.15) is 18.0 Å². The molecule has 0 spiro atoms. The fraction of sp³-hybridized carbons (Fsp3) is 0.321. The molecule has 0 aromatic heterocycles. The van der Waals surface area contributed by atoms with E-state index in [1.165, 1.54) is 87.3 Å². The van der Waals surface area contributed by atoms with Crippen molar-refractivity contribution in [3.8, 4) is 23.0 Å². The standard InChI is InChI=1S/C28H33N3O9S2/c1-37-21-9-13-25(38-2)24(17-21)31(42(35,36)23-12-14-26(39-3)27(18-23)40-4)19-28(32)29-20-7-10-22(11-8-20)41(33,34)30-15-5-6-16-30/h7-14,17-18H,5-6,15-16,19H2,1-4H3,(H,29,32). The summed E-state index contributed by atoms with van der Waals surface area (Å²) in [5.41, 5.74) is 0.357. The second kappa shape index (κ2) is 12.9. The highest BCUT2D eigenvalue weighted by molar-refractivity contribution is 7.93. The van der Waals surface area contributed by atoms with Crippen molar-refractivity contribution in [3.05, 3.63) is 60.7 Å². The number of sulfonamides is 2. The van der Waals surface area contributed by atoms with Crippen LogP contribution in [0.1, 0.15) is 12.8 Å². The molecule has 0 atom stereocenters. The third-order valence-electron chi connectivity index (χ3n) is 6.73. The number of hydrogen-bond acceptors (Lipinski definition) is 9. The van der Waals surface area contributed by atoms with Gasteiger partial charge < -0.3 is 24.3 Å². The number of carbonyl (C=O) groups excluding carboxylic acids is 1. The minimum Gasteiger partial charge on any atom is -0.497 e. The van der Waals surface area contributed by atoms with Gasteiger partial charge in [-0.25, -0.2) is 16.8 Å². The molecule has 1 amide bonds. The van der Waals surface area contributed by atoms with Gasteiger partial charge in [0, 0.05) is 30.9 Å². The molecule has 0 bridgehead atoms. The Morgan fingerprint density at radius 3 is 1.95 bits per heavy atom. The molecular formula is C28H33N3O9S2. The number of amides is 1. The molecule has 1 heterocycles. The van der Waals surface area contributed by atoms with Gasteiger partial charge in [-0.3, -0.25) is 9.10 Å². The van der Waals surface area contributed by atoms with E-state index in [-0.39, 0.29) is 27.0 Å². The third kappa shape index (κ3) is 6.40. The Kier molecular flexibility index (Phi) is 9.49. The van der Waals surface area contributed by atoms with Crippen LogP contribution in [0.25, 0.3) is 0 Å². The van der Waals surface area contributed by atoms with E-state index < -0.39 is 32.5 Å². The van der Waals surface area contributed by atoms with Gasteiger partial charge in [0.05, 0.1) is 43.9 Å². The lowest BCUT2D eigenvalue weighted by atomic mass is 10.2. The van der Waals surface area contributed by atoms with Crippen molar-refractivity contribution in [2.45, 2.75) is 22.6 Å². The number of nitrogens with zero attached hydrogens (tertiary/aromatic N) is 2. The summed E-state index contributed by atoms with van der Waals surface area (Å²) < 4.78 is 77.3. The van der Waals surface area contributed by atoms with E-state index in [2.05, 4.69) is 5.32 Å². The molecule has 226 valence electrons. The number of carbonyl (C=O) groups is 1. The molecule has 3 aromatic rings. The summed E-state index contributed by atoms with van der Waals surface area (Å²) in [6.07, 6.45) is 1.63. The van der Waals surface area contributed by atoms with Gasteiger partial charge >= 0.3 is 0 Å². The maximum Gasteiger partial charge on any atom is 0.265 e. The van der Waals surface area contributed by atoms with E-state index >= 15 is 0 Å². The molecule has 1 saturated heterocycles. The van der Waals surface area contributed by atoms with Gasteiger partial charge in [0.25, 0.3) is 10.0 Å². The summed E-state index contributed by atoms with van der Waals surface area (Å²) in [4.78, 5) is 13.2. The molecule has 1 fully saturated rings. The highest BCUT2D eigenvalue weighted by Crippen LogP contribution is 2.37. The molecule has 14 heteroatoms. The van der Waals surface area contributed by atoms with Crippen LogP contribution in [-0.4, -0.2) is 75.1 Å². The van der Waals surface area contributed by atoms with Gasteiger partial charge in [-0.05, 0) is 61.4 Å². The number of benzene rings is 3. The van der Waals surface area contributed by atoms with Gasteiger partial charge in [-0.2, -0.15) is 4.31 Å². The Hall–Kier alpha value is -4.01. The largest absolute Gasteiger partial charge is 0.497 e. The van der Waals surface area contributed by atoms with Crippen LogP contribution in [0.2, 0.25) is 0 Å². The SMILES string of the molecule is COc1ccc(OC)c(N(CC(=O)Nc2ccc(S(=O)(=O)N3CCCC3)cc2)S(=O)(=O)c2ccc(OC)c(OC)c2)c1. The van der Waals surface area contributed by atoms with Gasteiger partial charge in [0.15, 0.2) is 11.5 Å². The molecule has 4 rings (SSSR count). The van der Waals surface area contributed by atoms with Crippen LogP contribution in [0, 0.1) is 0 Å². The molecule has 1 aliphatic rings. The summed E-state index contributed by atoms with van der Waals surface area (Å²) in [5.74, 6) is 0.358. The van der Waals surface area contributed by atoms with E-state index in [4.69, 9.17) is 18.9 Å². The second-order valence-corrected chi connectivity index (χ2v) is 13.1. The zero-order valence-electron chi connectivity index (χ0n) is 23.7. The normalized spacial score (nSPS) is 13.8. The zero-order chi connectivity index (χ0) is 30.5. The molecule has 0 saturated carbocycles. The average molecular weight is 620 g/mol. The summed E-state index contributed by atoms with van der Waals surface area (Å²) in [7, 11) is -2.38. The molecule has 0 radical (unpaired) electrons. The van der Waals surface area contributed by atoms with Crippen molar-refractivity contribution in [2.75, 3.05) is 57.7 Å². The molecule has 1 aliphatic heterocycles. The summed E-state index contributed by atoms with van der Waals surface area (Å²) >= 11 is 0. The Bertz CT molecular complexity index is 1640. The number of hydrogen-bond donors (Lipinski definition) is 1. The smallest absolute Gasteiger partial charge is 0.265 e. The van der Waals surface area contributed by atoms with Crippen molar-refractivity contribution in [1.29, 1.82) is 0 Å². The quantitative estimate of drug-likeness (QED) is 0.323. The minimum absolute atomic E-state index is 0.0637. The fourth-order valence-corrected chi connectivity index (χ4v) is 7.47. The highest BCUT2D eigenvalue weighted by atomic mass is 32.2. The van der Waals surface area contributed by atoms with E-state index in [0.717, 1.165) is 17.1 Å². The third-order valence-corrected chi connectivity index (χ3v) is 10.4. The minimum atomic E-state index is -4.38. The summed E-state index contributed by atoms with van der Waals surface area (Å²) in [5, 5.41) is 2.65. The number of rotatable bonds is 12. The predicted octanol–water partition coefficient (Wildman–Crippen LogP) is 3.34. The zero-order valence-corrected chi connectivity index (χ0v) is 25.3. The molecular weight excluding hydrogens is 586 g/mol. The van der Waals surface area contributed by atoms with Crippen molar-refractivity contribution in [1.82, 2.24) is 4.31 Å². The lowest BCUT2D eigenvalue weighted by Crippen LogP contribution is -2.38. The Balaban J connectivity index is 1.67. The van der Waals surface area contributed by atoms with E-state index in [9.17, 15) is 21.6 Å². The van der Waals surface area contributed by atoms with Crippen LogP contribution in [0.15, 0.2) is 70.5 Å². The average Bonchev–Trinajstić information content (AvgIpc) is 3.55. The highest BCUT2D eigenvalue weighted by Gasteiger charge is 2.31.